The van der Waals surface area contributed by atoms with Crippen LogP contribution >= 0.6 is 0 Å². The molecule has 2 aliphatic rings. The molecule has 0 bridgehead atoms. The van der Waals surface area contributed by atoms with Crippen molar-refractivity contribution in [3.05, 3.63) is 0 Å². The molecule has 2 saturated heterocycles. The van der Waals surface area contributed by atoms with Crippen LogP contribution in [0, 0.1) is 11.3 Å². The Balaban J connectivity index is 1.79. The fourth-order valence-electron chi connectivity index (χ4n) is 2.37. The van der Waals surface area contributed by atoms with Crippen molar-refractivity contribution >= 4 is 10.0 Å². The van der Waals surface area contributed by atoms with E-state index < -0.39 is 15.8 Å². The third kappa shape index (κ3) is 3.39. The number of morpholine rings is 1. The van der Waals surface area contributed by atoms with E-state index in [0.717, 1.165) is 13.1 Å². The molecule has 96 valence electrons. The molecule has 0 aromatic heterocycles. The quantitative estimate of drug-likeness (QED) is 0.721. The van der Waals surface area contributed by atoms with Crippen LogP contribution in [0.3, 0.4) is 0 Å². The lowest BCUT2D eigenvalue weighted by Gasteiger charge is -2.35. The summed E-state index contributed by atoms with van der Waals surface area (Å²) in [4.78, 5) is 2.35. The van der Waals surface area contributed by atoms with E-state index in [9.17, 15) is 8.42 Å². The van der Waals surface area contributed by atoms with Crippen LogP contribution in [0.15, 0.2) is 0 Å². The van der Waals surface area contributed by atoms with Gasteiger partial charge in [0.15, 0.2) is 5.75 Å². The molecule has 0 saturated carbocycles. The fraction of sp³-hybridized carbons (Fsp3) is 0.900. The number of rotatable bonds is 4. The van der Waals surface area contributed by atoms with Gasteiger partial charge in [0, 0.05) is 19.1 Å². The summed E-state index contributed by atoms with van der Waals surface area (Å²) in [7, 11) is -3.46. The van der Waals surface area contributed by atoms with Gasteiger partial charge in [-0.2, -0.15) is 5.26 Å². The molecule has 17 heavy (non-hydrogen) atoms. The third-order valence-electron chi connectivity index (χ3n) is 3.25. The first kappa shape index (κ1) is 12.8. The summed E-state index contributed by atoms with van der Waals surface area (Å²) in [5.41, 5.74) is 0. The van der Waals surface area contributed by atoms with E-state index in [0.29, 0.717) is 12.6 Å². The lowest BCUT2D eigenvalue weighted by atomic mass is 10.2. The molecule has 6 nitrogen and oxygen atoms in total. The highest BCUT2D eigenvalue weighted by atomic mass is 32.2. The van der Waals surface area contributed by atoms with Crippen LogP contribution in [-0.4, -0.2) is 57.5 Å². The number of hydrogen-bond acceptors (Lipinski definition) is 5. The molecule has 0 aromatic rings. The van der Waals surface area contributed by atoms with E-state index in [-0.39, 0.29) is 12.6 Å². The second kappa shape index (κ2) is 5.31. The van der Waals surface area contributed by atoms with E-state index in [1.54, 1.807) is 6.07 Å². The molecule has 2 aliphatic heterocycles. The largest absolute Gasteiger partial charge is 0.374 e. The standard InChI is InChI=1S/C10H17N3O3S/c11-3-5-17(14,15)12-6-10-7-13-4-1-2-9(13)8-16-10/h9-10,12H,1-2,4-8H2. The minimum atomic E-state index is -3.46. The maximum absolute atomic E-state index is 11.3. The van der Waals surface area contributed by atoms with Crippen LogP contribution in [0.4, 0.5) is 0 Å². The first-order valence-electron chi connectivity index (χ1n) is 5.80. The summed E-state index contributed by atoms with van der Waals surface area (Å²) < 4.78 is 30.6. The number of nitrogens with one attached hydrogen (secondary N) is 1. The molecular formula is C10H17N3O3S. The van der Waals surface area contributed by atoms with Gasteiger partial charge in [-0.05, 0) is 19.4 Å². The van der Waals surface area contributed by atoms with Gasteiger partial charge in [-0.1, -0.05) is 0 Å². The predicted octanol–water partition coefficient (Wildman–Crippen LogP) is -0.707. The Morgan fingerprint density at radius 2 is 2.35 bits per heavy atom. The Bertz CT molecular complexity index is 404. The number of sulfonamides is 1. The van der Waals surface area contributed by atoms with Crippen molar-refractivity contribution in [1.82, 2.24) is 9.62 Å². The average Bonchev–Trinajstić information content (AvgIpc) is 2.73. The van der Waals surface area contributed by atoms with Gasteiger partial charge in [0.25, 0.3) is 0 Å². The van der Waals surface area contributed by atoms with Crippen molar-refractivity contribution in [2.45, 2.75) is 25.0 Å². The minimum absolute atomic E-state index is 0.0992. The topological polar surface area (TPSA) is 82.4 Å². The number of fused-ring (bicyclic) bond motifs is 1. The Hall–Kier alpha value is -0.680. The van der Waals surface area contributed by atoms with E-state index >= 15 is 0 Å². The normalized spacial score (nSPS) is 29.8. The van der Waals surface area contributed by atoms with Crippen molar-refractivity contribution in [2.75, 3.05) is 32.0 Å². The first-order valence-corrected chi connectivity index (χ1v) is 7.46. The van der Waals surface area contributed by atoms with Gasteiger partial charge in [-0.25, -0.2) is 13.1 Å². The maximum atomic E-state index is 11.3. The van der Waals surface area contributed by atoms with Gasteiger partial charge in [0.2, 0.25) is 10.0 Å². The highest BCUT2D eigenvalue weighted by Gasteiger charge is 2.32. The summed E-state index contributed by atoms with van der Waals surface area (Å²) in [6.07, 6.45) is 2.27. The van der Waals surface area contributed by atoms with Gasteiger partial charge < -0.3 is 4.74 Å². The number of nitrogens with zero attached hydrogens (tertiary/aromatic N) is 2. The summed E-state index contributed by atoms with van der Waals surface area (Å²) in [5, 5.41) is 8.35. The molecular weight excluding hydrogens is 242 g/mol. The van der Waals surface area contributed by atoms with Crippen molar-refractivity contribution in [3.63, 3.8) is 0 Å². The van der Waals surface area contributed by atoms with Crippen molar-refractivity contribution in [3.8, 4) is 6.07 Å². The van der Waals surface area contributed by atoms with Gasteiger partial charge in [-0.15, -0.1) is 0 Å². The summed E-state index contributed by atoms with van der Waals surface area (Å²) in [6.45, 7) is 2.80. The molecule has 2 unspecified atom stereocenters. The highest BCUT2D eigenvalue weighted by molar-refractivity contribution is 7.89. The molecule has 2 heterocycles. The Labute approximate surface area is 102 Å². The Morgan fingerprint density at radius 3 is 3.12 bits per heavy atom. The van der Waals surface area contributed by atoms with Crippen LogP contribution in [0.1, 0.15) is 12.8 Å². The van der Waals surface area contributed by atoms with Crippen LogP contribution < -0.4 is 4.72 Å². The molecule has 0 aromatic carbocycles. The fourth-order valence-corrected chi connectivity index (χ4v) is 3.08. The number of ether oxygens (including phenoxy) is 1. The van der Waals surface area contributed by atoms with Crippen molar-refractivity contribution in [2.24, 2.45) is 0 Å². The average molecular weight is 259 g/mol. The van der Waals surface area contributed by atoms with E-state index in [4.69, 9.17) is 10.00 Å². The van der Waals surface area contributed by atoms with Crippen LogP contribution in [0.2, 0.25) is 0 Å². The molecule has 0 spiro atoms. The second-order valence-corrected chi connectivity index (χ2v) is 6.32. The van der Waals surface area contributed by atoms with Crippen LogP contribution in [-0.2, 0) is 14.8 Å². The first-order chi connectivity index (χ1) is 8.11. The Kier molecular flexibility index (Phi) is 3.99. The van der Waals surface area contributed by atoms with E-state index in [2.05, 4.69) is 9.62 Å². The lowest BCUT2D eigenvalue weighted by Crippen LogP contribution is -2.50. The minimum Gasteiger partial charge on any atom is -0.374 e. The van der Waals surface area contributed by atoms with E-state index in [1.165, 1.54) is 12.8 Å². The molecule has 0 radical (unpaired) electrons. The molecule has 7 heteroatoms. The Morgan fingerprint density at radius 1 is 1.53 bits per heavy atom. The molecule has 1 N–H and O–H groups in total. The highest BCUT2D eigenvalue weighted by Crippen LogP contribution is 2.22. The molecule has 2 atom stereocenters. The molecule has 0 amide bonds. The summed E-state index contributed by atoms with van der Waals surface area (Å²) in [5.74, 6) is -0.494. The zero-order valence-electron chi connectivity index (χ0n) is 9.63. The van der Waals surface area contributed by atoms with Gasteiger partial charge in [-0.3, -0.25) is 4.90 Å². The number of hydrogen-bond donors (Lipinski definition) is 1. The zero-order chi connectivity index (χ0) is 12.3. The van der Waals surface area contributed by atoms with Crippen LogP contribution in [0.25, 0.3) is 0 Å². The number of nitriles is 1. The van der Waals surface area contributed by atoms with E-state index in [1.807, 2.05) is 0 Å². The van der Waals surface area contributed by atoms with Gasteiger partial charge >= 0.3 is 0 Å². The van der Waals surface area contributed by atoms with Crippen LogP contribution in [0.5, 0.6) is 0 Å². The predicted molar refractivity (Wildman–Crippen MR) is 61.7 cm³/mol. The summed E-state index contributed by atoms with van der Waals surface area (Å²) >= 11 is 0. The third-order valence-corrected chi connectivity index (χ3v) is 4.36. The smallest absolute Gasteiger partial charge is 0.225 e. The molecule has 2 rings (SSSR count). The second-order valence-electron chi connectivity index (χ2n) is 4.51. The SMILES string of the molecule is N#CCS(=O)(=O)NCC1CN2CCCC2CO1. The monoisotopic (exact) mass is 259 g/mol. The van der Waals surface area contributed by atoms with Gasteiger partial charge in [0.05, 0.1) is 18.8 Å². The molecule has 2 fully saturated rings. The molecule has 0 aliphatic carbocycles. The van der Waals surface area contributed by atoms with Gasteiger partial charge in [0.1, 0.15) is 0 Å². The van der Waals surface area contributed by atoms with Crippen molar-refractivity contribution < 1.29 is 13.2 Å². The zero-order valence-corrected chi connectivity index (χ0v) is 10.4. The maximum Gasteiger partial charge on any atom is 0.225 e. The van der Waals surface area contributed by atoms with Crippen molar-refractivity contribution in [1.29, 1.82) is 5.26 Å². The summed E-state index contributed by atoms with van der Waals surface area (Å²) in [6, 6.07) is 2.15. The lowest BCUT2D eigenvalue weighted by molar-refractivity contribution is -0.0448.